The van der Waals surface area contributed by atoms with E-state index in [0.29, 0.717) is 5.69 Å². The van der Waals surface area contributed by atoms with Crippen molar-refractivity contribution in [2.75, 3.05) is 19.6 Å². The number of hydrogen-bond donors (Lipinski definition) is 1. The molecule has 1 aliphatic carbocycles. The van der Waals surface area contributed by atoms with Crippen LogP contribution in [0.1, 0.15) is 61.9 Å². The molecule has 1 aromatic rings. The highest BCUT2D eigenvalue weighted by atomic mass is 32.1. The maximum atomic E-state index is 12.2. The first-order chi connectivity index (χ1) is 10.3. The van der Waals surface area contributed by atoms with E-state index in [9.17, 15) is 4.79 Å². The van der Waals surface area contributed by atoms with Gasteiger partial charge >= 0.3 is 0 Å². The van der Waals surface area contributed by atoms with Crippen molar-refractivity contribution in [2.45, 2.75) is 56.9 Å². The zero-order chi connectivity index (χ0) is 14.5. The van der Waals surface area contributed by atoms with Crippen LogP contribution < -0.4 is 5.32 Å². The first-order valence-electron chi connectivity index (χ1n) is 8.22. The van der Waals surface area contributed by atoms with Crippen molar-refractivity contribution in [3.05, 3.63) is 16.6 Å². The number of amides is 1. The summed E-state index contributed by atoms with van der Waals surface area (Å²) in [6.45, 7) is 3.18. The SMILES string of the molecule is O=C(NCC1(N2CCCCC2)CCCCC1)c1cscn1. The van der Waals surface area contributed by atoms with E-state index in [-0.39, 0.29) is 11.4 Å². The van der Waals surface area contributed by atoms with E-state index in [1.807, 2.05) is 5.38 Å². The van der Waals surface area contributed by atoms with Gasteiger partial charge in [-0.15, -0.1) is 11.3 Å². The van der Waals surface area contributed by atoms with E-state index in [2.05, 4.69) is 15.2 Å². The molecule has 0 unspecified atom stereocenters. The molecule has 5 heteroatoms. The summed E-state index contributed by atoms with van der Waals surface area (Å²) in [5.74, 6) is -0.0155. The summed E-state index contributed by atoms with van der Waals surface area (Å²) < 4.78 is 0. The first kappa shape index (κ1) is 15.0. The van der Waals surface area contributed by atoms with Gasteiger partial charge in [0.25, 0.3) is 5.91 Å². The van der Waals surface area contributed by atoms with Crippen LogP contribution in [0.25, 0.3) is 0 Å². The van der Waals surface area contributed by atoms with Gasteiger partial charge in [-0.25, -0.2) is 4.98 Å². The molecule has 2 heterocycles. The molecule has 1 saturated carbocycles. The van der Waals surface area contributed by atoms with E-state index in [1.165, 1.54) is 75.8 Å². The molecule has 1 amide bonds. The number of aromatic nitrogens is 1. The molecule has 1 aromatic heterocycles. The molecule has 1 saturated heterocycles. The Bertz CT molecular complexity index is 448. The molecule has 0 radical (unpaired) electrons. The highest BCUT2D eigenvalue weighted by Crippen LogP contribution is 2.35. The summed E-state index contributed by atoms with van der Waals surface area (Å²) in [5.41, 5.74) is 2.48. The van der Waals surface area contributed by atoms with Gasteiger partial charge < -0.3 is 5.32 Å². The van der Waals surface area contributed by atoms with Gasteiger partial charge in [0.15, 0.2) is 0 Å². The van der Waals surface area contributed by atoms with Crippen molar-refractivity contribution < 1.29 is 4.79 Å². The Morgan fingerprint density at radius 2 is 1.90 bits per heavy atom. The van der Waals surface area contributed by atoms with Gasteiger partial charge in [0, 0.05) is 17.5 Å². The maximum absolute atomic E-state index is 12.2. The minimum absolute atomic E-state index is 0.0155. The van der Waals surface area contributed by atoms with Crippen LogP contribution in [-0.4, -0.2) is 41.0 Å². The molecular weight excluding hydrogens is 282 g/mol. The Hall–Kier alpha value is -0.940. The van der Waals surface area contributed by atoms with Crippen LogP contribution in [0.4, 0.5) is 0 Å². The van der Waals surface area contributed by atoms with Crippen LogP contribution in [0.15, 0.2) is 10.9 Å². The van der Waals surface area contributed by atoms with Crippen LogP contribution in [0.5, 0.6) is 0 Å². The van der Waals surface area contributed by atoms with Gasteiger partial charge in [-0.3, -0.25) is 9.69 Å². The van der Waals surface area contributed by atoms with Gasteiger partial charge in [-0.1, -0.05) is 25.7 Å². The van der Waals surface area contributed by atoms with Crippen LogP contribution in [-0.2, 0) is 0 Å². The van der Waals surface area contributed by atoms with E-state index < -0.39 is 0 Å². The molecule has 0 atom stereocenters. The minimum atomic E-state index is -0.0155. The molecule has 2 fully saturated rings. The minimum Gasteiger partial charge on any atom is -0.349 e. The van der Waals surface area contributed by atoms with Gasteiger partial charge in [-0.2, -0.15) is 0 Å². The van der Waals surface area contributed by atoms with E-state index >= 15 is 0 Å². The van der Waals surface area contributed by atoms with Crippen molar-refractivity contribution in [3.8, 4) is 0 Å². The second kappa shape index (κ2) is 6.88. The van der Waals surface area contributed by atoms with Crippen LogP contribution in [0.3, 0.4) is 0 Å². The van der Waals surface area contributed by atoms with Crippen molar-refractivity contribution in [2.24, 2.45) is 0 Å². The van der Waals surface area contributed by atoms with E-state index in [0.717, 1.165) is 6.54 Å². The molecule has 3 rings (SSSR count). The lowest BCUT2D eigenvalue weighted by Gasteiger charge is -2.48. The number of nitrogens with zero attached hydrogens (tertiary/aromatic N) is 2. The second-order valence-corrected chi connectivity index (χ2v) is 7.11. The number of rotatable bonds is 4. The average Bonchev–Trinajstić information content (AvgIpc) is 3.09. The fourth-order valence-corrected chi connectivity index (χ4v) is 4.38. The molecule has 1 aliphatic heterocycles. The number of carbonyl (C=O) groups is 1. The molecule has 116 valence electrons. The van der Waals surface area contributed by atoms with Gasteiger partial charge in [0.1, 0.15) is 5.69 Å². The average molecular weight is 307 g/mol. The van der Waals surface area contributed by atoms with Crippen LogP contribution in [0, 0.1) is 0 Å². The fourth-order valence-electron chi connectivity index (χ4n) is 3.84. The molecular formula is C16H25N3OS. The molecule has 4 nitrogen and oxygen atoms in total. The third kappa shape index (κ3) is 3.46. The molecule has 21 heavy (non-hydrogen) atoms. The van der Waals surface area contributed by atoms with Crippen molar-refractivity contribution >= 4 is 17.2 Å². The number of carbonyl (C=O) groups excluding carboxylic acids is 1. The Balaban J connectivity index is 1.65. The molecule has 0 bridgehead atoms. The highest BCUT2D eigenvalue weighted by Gasteiger charge is 2.38. The Morgan fingerprint density at radius 1 is 1.19 bits per heavy atom. The normalized spacial score (nSPS) is 22.9. The lowest BCUT2D eigenvalue weighted by atomic mass is 9.79. The first-order valence-corrected chi connectivity index (χ1v) is 9.16. The summed E-state index contributed by atoms with van der Waals surface area (Å²) in [7, 11) is 0. The number of nitrogens with one attached hydrogen (secondary N) is 1. The summed E-state index contributed by atoms with van der Waals surface area (Å²) in [6, 6.07) is 0. The summed E-state index contributed by atoms with van der Waals surface area (Å²) in [6.07, 6.45) is 10.4. The van der Waals surface area contributed by atoms with Gasteiger partial charge in [0.05, 0.1) is 5.51 Å². The summed E-state index contributed by atoms with van der Waals surface area (Å²) in [5, 5.41) is 4.98. The monoisotopic (exact) mass is 307 g/mol. The Labute approximate surface area is 130 Å². The second-order valence-electron chi connectivity index (χ2n) is 6.39. The molecule has 0 spiro atoms. The maximum Gasteiger partial charge on any atom is 0.270 e. The number of likely N-dealkylation sites (tertiary alicyclic amines) is 1. The van der Waals surface area contributed by atoms with Crippen LogP contribution in [0.2, 0.25) is 0 Å². The number of hydrogen-bond acceptors (Lipinski definition) is 4. The van der Waals surface area contributed by atoms with Crippen molar-refractivity contribution in [3.63, 3.8) is 0 Å². The lowest BCUT2D eigenvalue weighted by Crippen LogP contribution is -2.58. The smallest absolute Gasteiger partial charge is 0.270 e. The van der Waals surface area contributed by atoms with Crippen molar-refractivity contribution in [1.29, 1.82) is 0 Å². The van der Waals surface area contributed by atoms with Gasteiger partial charge in [0.2, 0.25) is 0 Å². The number of piperidine rings is 1. The van der Waals surface area contributed by atoms with E-state index in [1.54, 1.807) is 5.51 Å². The third-order valence-corrected chi connectivity index (χ3v) is 5.64. The topological polar surface area (TPSA) is 45.2 Å². The highest BCUT2D eigenvalue weighted by molar-refractivity contribution is 7.07. The zero-order valence-corrected chi connectivity index (χ0v) is 13.5. The predicted molar refractivity (Wildman–Crippen MR) is 85.7 cm³/mol. The Morgan fingerprint density at radius 3 is 2.57 bits per heavy atom. The van der Waals surface area contributed by atoms with Crippen LogP contribution >= 0.6 is 11.3 Å². The standard InChI is InChI=1S/C16H25N3OS/c20-15(14-11-21-13-18-14)17-12-16(7-3-1-4-8-16)19-9-5-2-6-10-19/h11,13H,1-10,12H2,(H,17,20). The fraction of sp³-hybridized carbons (Fsp3) is 0.750. The quantitative estimate of drug-likeness (QED) is 0.930. The summed E-state index contributed by atoms with van der Waals surface area (Å²) in [4.78, 5) is 19.0. The largest absolute Gasteiger partial charge is 0.349 e. The van der Waals surface area contributed by atoms with Crippen molar-refractivity contribution in [1.82, 2.24) is 15.2 Å². The molecule has 0 aromatic carbocycles. The predicted octanol–water partition coefficient (Wildman–Crippen LogP) is 3.06. The Kier molecular flexibility index (Phi) is 4.91. The molecule has 1 N–H and O–H groups in total. The lowest BCUT2D eigenvalue weighted by molar-refractivity contribution is 0.0326. The summed E-state index contributed by atoms with van der Waals surface area (Å²) >= 11 is 1.47. The number of thiazole rings is 1. The zero-order valence-electron chi connectivity index (χ0n) is 12.6. The van der Waals surface area contributed by atoms with E-state index in [4.69, 9.17) is 0 Å². The van der Waals surface area contributed by atoms with Gasteiger partial charge in [-0.05, 0) is 38.8 Å². The third-order valence-electron chi connectivity index (χ3n) is 5.05. The molecule has 2 aliphatic rings.